The fourth-order valence-electron chi connectivity index (χ4n) is 1.57. The lowest BCUT2D eigenvalue weighted by atomic mass is 10.3. The predicted octanol–water partition coefficient (Wildman–Crippen LogP) is 2.69. The molecule has 112 valence electrons. The van der Waals surface area contributed by atoms with Gasteiger partial charge >= 0.3 is 5.97 Å². The van der Waals surface area contributed by atoms with Crippen molar-refractivity contribution in [3.05, 3.63) is 39.3 Å². The summed E-state index contributed by atoms with van der Waals surface area (Å²) in [6.45, 7) is 1.71. The maximum absolute atomic E-state index is 12.3. The molecular formula is C12H11ClN2O4S2. The van der Waals surface area contributed by atoms with E-state index in [0.29, 0.717) is 10.7 Å². The monoisotopic (exact) mass is 346 g/mol. The van der Waals surface area contributed by atoms with Crippen molar-refractivity contribution in [2.45, 2.75) is 11.8 Å². The van der Waals surface area contributed by atoms with Crippen LogP contribution in [0.3, 0.4) is 0 Å². The Kier molecular flexibility index (Phi) is 4.50. The summed E-state index contributed by atoms with van der Waals surface area (Å²) in [6, 6.07) is 2.90. The van der Waals surface area contributed by atoms with Crippen LogP contribution in [-0.2, 0) is 14.8 Å². The molecule has 0 aliphatic rings. The van der Waals surface area contributed by atoms with E-state index < -0.39 is 16.0 Å². The first-order valence-electron chi connectivity index (χ1n) is 5.66. The number of carbonyl (C=O) groups excluding carboxylic acids is 1. The minimum Gasteiger partial charge on any atom is -0.465 e. The number of hydrogen-bond acceptors (Lipinski definition) is 6. The average molecular weight is 347 g/mol. The van der Waals surface area contributed by atoms with Crippen molar-refractivity contribution in [1.29, 1.82) is 0 Å². The van der Waals surface area contributed by atoms with Gasteiger partial charge in [-0.05, 0) is 30.0 Å². The molecule has 0 saturated heterocycles. The van der Waals surface area contributed by atoms with E-state index in [1.165, 1.54) is 24.8 Å². The molecule has 1 N–H and O–H groups in total. The topological polar surface area (TPSA) is 85.4 Å². The van der Waals surface area contributed by atoms with E-state index in [1.807, 2.05) is 0 Å². The zero-order valence-corrected chi connectivity index (χ0v) is 13.5. The molecule has 2 aromatic heterocycles. The zero-order valence-electron chi connectivity index (χ0n) is 11.1. The fraction of sp³-hybridized carbons (Fsp3) is 0.167. The third-order valence-corrected chi connectivity index (χ3v) is 5.40. The molecule has 0 bridgehead atoms. The number of pyridine rings is 1. The number of thiophene rings is 1. The summed E-state index contributed by atoms with van der Waals surface area (Å²) in [4.78, 5) is 15.3. The summed E-state index contributed by atoms with van der Waals surface area (Å²) in [6.07, 6.45) is 1.30. The molecule has 0 aromatic carbocycles. The highest BCUT2D eigenvalue weighted by atomic mass is 35.5. The number of anilines is 1. The first kappa shape index (κ1) is 15.7. The normalized spacial score (nSPS) is 11.2. The van der Waals surface area contributed by atoms with Crippen LogP contribution in [0.5, 0.6) is 0 Å². The molecule has 9 heteroatoms. The summed E-state index contributed by atoms with van der Waals surface area (Å²) in [5.74, 6) is -0.698. The van der Waals surface area contributed by atoms with Gasteiger partial charge in [-0.25, -0.2) is 18.2 Å². The van der Waals surface area contributed by atoms with Crippen LogP contribution < -0.4 is 4.72 Å². The molecule has 0 radical (unpaired) electrons. The molecule has 0 fully saturated rings. The van der Waals surface area contributed by atoms with Crippen molar-refractivity contribution in [3.63, 3.8) is 0 Å². The largest absolute Gasteiger partial charge is 0.465 e. The van der Waals surface area contributed by atoms with E-state index in [-0.39, 0.29) is 15.5 Å². The molecule has 0 aliphatic heterocycles. The number of aryl methyl sites for hydroxylation is 1. The summed E-state index contributed by atoms with van der Waals surface area (Å²) in [7, 11) is -2.72. The number of nitrogens with zero attached hydrogens (tertiary/aromatic N) is 1. The van der Waals surface area contributed by atoms with Crippen molar-refractivity contribution < 1.29 is 17.9 Å². The number of nitrogens with one attached hydrogen (secondary N) is 1. The van der Waals surface area contributed by atoms with Crippen molar-refractivity contribution in [3.8, 4) is 0 Å². The maximum atomic E-state index is 12.3. The van der Waals surface area contributed by atoms with Gasteiger partial charge in [-0.1, -0.05) is 11.6 Å². The molecule has 2 rings (SSSR count). The highest BCUT2D eigenvalue weighted by molar-refractivity contribution is 7.93. The summed E-state index contributed by atoms with van der Waals surface area (Å²) in [5.41, 5.74) is 0.897. The highest BCUT2D eigenvalue weighted by Crippen LogP contribution is 2.25. The lowest BCUT2D eigenvalue weighted by Crippen LogP contribution is -2.16. The quantitative estimate of drug-likeness (QED) is 0.679. The summed E-state index contributed by atoms with van der Waals surface area (Å²) >= 11 is 6.78. The smallest absolute Gasteiger partial charge is 0.349 e. The van der Waals surface area contributed by atoms with Crippen LogP contribution in [0, 0.1) is 6.92 Å². The summed E-state index contributed by atoms with van der Waals surface area (Å²) < 4.78 is 31.6. The lowest BCUT2D eigenvalue weighted by Gasteiger charge is -2.09. The molecule has 2 heterocycles. The first-order chi connectivity index (χ1) is 9.85. The SMILES string of the molecule is COC(=O)c1sccc1S(=O)(=O)Nc1cnc(Cl)c(C)c1. The Balaban J connectivity index is 2.37. The van der Waals surface area contributed by atoms with Crippen LogP contribution in [0.4, 0.5) is 5.69 Å². The minimum atomic E-state index is -3.91. The van der Waals surface area contributed by atoms with Gasteiger partial charge in [0, 0.05) is 0 Å². The van der Waals surface area contributed by atoms with E-state index in [4.69, 9.17) is 11.6 Å². The van der Waals surface area contributed by atoms with Crippen LogP contribution in [0.1, 0.15) is 15.2 Å². The zero-order chi connectivity index (χ0) is 15.6. The maximum Gasteiger partial charge on any atom is 0.349 e. The van der Waals surface area contributed by atoms with Gasteiger partial charge in [0.15, 0.2) is 0 Å². The van der Waals surface area contributed by atoms with Gasteiger partial charge in [-0.2, -0.15) is 0 Å². The molecule has 2 aromatic rings. The Bertz CT molecular complexity index is 786. The number of sulfonamides is 1. The number of methoxy groups -OCH3 is 1. The number of aromatic nitrogens is 1. The second-order valence-corrected chi connectivity index (χ2v) is 6.97. The Morgan fingerprint density at radius 1 is 1.48 bits per heavy atom. The van der Waals surface area contributed by atoms with Gasteiger partial charge in [-0.3, -0.25) is 4.72 Å². The van der Waals surface area contributed by atoms with Crippen LogP contribution in [-0.4, -0.2) is 26.5 Å². The number of esters is 1. The van der Waals surface area contributed by atoms with Crippen LogP contribution in [0.2, 0.25) is 5.15 Å². The van der Waals surface area contributed by atoms with E-state index in [0.717, 1.165) is 11.3 Å². The Morgan fingerprint density at radius 3 is 2.81 bits per heavy atom. The van der Waals surface area contributed by atoms with Gasteiger partial charge in [0.1, 0.15) is 14.9 Å². The van der Waals surface area contributed by atoms with Crippen LogP contribution >= 0.6 is 22.9 Å². The van der Waals surface area contributed by atoms with Crippen molar-refractivity contribution in [2.75, 3.05) is 11.8 Å². The summed E-state index contributed by atoms with van der Waals surface area (Å²) in [5, 5.41) is 1.80. The van der Waals surface area contributed by atoms with Crippen LogP contribution in [0.15, 0.2) is 28.6 Å². The molecule has 21 heavy (non-hydrogen) atoms. The van der Waals surface area contributed by atoms with E-state index in [1.54, 1.807) is 13.0 Å². The molecule has 0 amide bonds. The molecule has 0 atom stereocenters. The standard InChI is InChI=1S/C12H11ClN2O4S2/c1-7-5-8(6-14-11(7)13)15-21(17,18)9-3-4-20-10(9)12(16)19-2/h3-6,15H,1-2H3. The van der Waals surface area contributed by atoms with Gasteiger partial charge < -0.3 is 4.74 Å². The van der Waals surface area contributed by atoms with Gasteiger partial charge in [0.05, 0.1) is 19.0 Å². The van der Waals surface area contributed by atoms with Gasteiger partial charge in [0.25, 0.3) is 10.0 Å². The van der Waals surface area contributed by atoms with Crippen molar-refractivity contribution in [1.82, 2.24) is 4.98 Å². The second-order valence-electron chi connectivity index (χ2n) is 4.04. The number of carbonyl (C=O) groups is 1. The molecular weight excluding hydrogens is 336 g/mol. The number of halogens is 1. The highest BCUT2D eigenvalue weighted by Gasteiger charge is 2.24. The molecule has 0 saturated carbocycles. The number of rotatable bonds is 4. The molecule has 0 unspecified atom stereocenters. The first-order valence-corrected chi connectivity index (χ1v) is 8.40. The fourth-order valence-corrected chi connectivity index (χ4v) is 4.05. The Labute approximate surface area is 130 Å². The van der Waals surface area contributed by atoms with Gasteiger partial charge in [-0.15, -0.1) is 11.3 Å². The Hall–Kier alpha value is -1.64. The Morgan fingerprint density at radius 2 is 2.19 bits per heavy atom. The van der Waals surface area contributed by atoms with E-state index >= 15 is 0 Å². The van der Waals surface area contributed by atoms with E-state index in [2.05, 4.69) is 14.4 Å². The number of ether oxygens (including phenoxy) is 1. The molecule has 0 aliphatic carbocycles. The van der Waals surface area contributed by atoms with Crippen LogP contribution in [0.25, 0.3) is 0 Å². The molecule has 6 nitrogen and oxygen atoms in total. The van der Waals surface area contributed by atoms with E-state index in [9.17, 15) is 13.2 Å². The second kappa shape index (κ2) is 6.00. The average Bonchev–Trinajstić information content (AvgIpc) is 2.92. The number of hydrogen-bond donors (Lipinski definition) is 1. The van der Waals surface area contributed by atoms with Crippen molar-refractivity contribution in [2.24, 2.45) is 0 Å². The predicted molar refractivity (Wildman–Crippen MR) is 80.5 cm³/mol. The molecule has 0 spiro atoms. The van der Waals surface area contributed by atoms with Crippen molar-refractivity contribution >= 4 is 44.6 Å². The lowest BCUT2D eigenvalue weighted by molar-refractivity contribution is 0.0602. The third kappa shape index (κ3) is 3.34. The third-order valence-electron chi connectivity index (χ3n) is 2.56. The van der Waals surface area contributed by atoms with Gasteiger partial charge in [0.2, 0.25) is 0 Å². The minimum absolute atomic E-state index is 0.0173.